The summed E-state index contributed by atoms with van der Waals surface area (Å²) in [5.41, 5.74) is 1.21. The quantitative estimate of drug-likeness (QED) is 0.642. The molecule has 4 heteroatoms. The lowest BCUT2D eigenvalue weighted by Crippen LogP contribution is -2.07. The first-order chi connectivity index (χ1) is 11.6. The second kappa shape index (κ2) is 8.57. The summed E-state index contributed by atoms with van der Waals surface area (Å²) in [6, 6.07) is 7.44. The van der Waals surface area contributed by atoms with Gasteiger partial charge in [-0.1, -0.05) is 44.9 Å². The standard InChI is InChI=1S/C20H26O4/c1-4-6-11-23-17-13-16(20(21)22)19(24-12-7-5-2)15-10-8-9-14(3)18(15)17/h8-10,13H,4-7,11-12H2,1-3H3,(H,21,22). The van der Waals surface area contributed by atoms with Gasteiger partial charge < -0.3 is 14.6 Å². The van der Waals surface area contributed by atoms with Crippen molar-refractivity contribution >= 4 is 16.7 Å². The van der Waals surface area contributed by atoms with E-state index >= 15 is 0 Å². The van der Waals surface area contributed by atoms with Crippen molar-refractivity contribution in [1.29, 1.82) is 0 Å². The molecule has 0 atom stereocenters. The Morgan fingerprint density at radius 3 is 2.38 bits per heavy atom. The van der Waals surface area contributed by atoms with Crippen LogP contribution >= 0.6 is 0 Å². The van der Waals surface area contributed by atoms with Gasteiger partial charge in [0.2, 0.25) is 0 Å². The van der Waals surface area contributed by atoms with E-state index in [0.29, 0.717) is 24.7 Å². The highest BCUT2D eigenvalue weighted by molar-refractivity contribution is 6.04. The number of hydrogen-bond donors (Lipinski definition) is 1. The molecule has 0 aliphatic rings. The number of aryl methyl sites for hydroxylation is 1. The van der Waals surface area contributed by atoms with Gasteiger partial charge in [-0.3, -0.25) is 0 Å². The Hall–Kier alpha value is -2.23. The van der Waals surface area contributed by atoms with E-state index in [2.05, 4.69) is 13.8 Å². The van der Waals surface area contributed by atoms with Gasteiger partial charge in [-0.05, 0) is 31.4 Å². The molecule has 0 aliphatic carbocycles. The van der Waals surface area contributed by atoms with E-state index in [1.165, 1.54) is 0 Å². The maximum atomic E-state index is 11.7. The van der Waals surface area contributed by atoms with Gasteiger partial charge in [0.1, 0.15) is 17.1 Å². The zero-order chi connectivity index (χ0) is 17.5. The molecule has 0 heterocycles. The van der Waals surface area contributed by atoms with Crippen LogP contribution in [0.3, 0.4) is 0 Å². The molecule has 130 valence electrons. The first-order valence-corrected chi connectivity index (χ1v) is 8.65. The molecule has 0 saturated carbocycles. The van der Waals surface area contributed by atoms with Gasteiger partial charge in [-0.25, -0.2) is 4.79 Å². The summed E-state index contributed by atoms with van der Waals surface area (Å²) < 4.78 is 11.7. The molecule has 0 spiro atoms. The number of aromatic carboxylic acids is 1. The van der Waals surface area contributed by atoms with Gasteiger partial charge in [0.15, 0.2) is 0 Å². The summed E-state index contributed by atoms with van der Waals surface area (Å²) >= 11 is 0. The smallest absolute Gasteiger partial charge is 0.339 e. The monoisotopic (exact) mass is 330 g/mol. The number of unbranched alkanes of at least 4 members (excludes halogenated alkanes) is 2. The van der Waals surface area contributed by atoms with Crippen molar-refractivity contribution < 1.29 is 19.4 Å². The Labute approximate surface area is 143 Å². The Morgan fingerprint density at radius 2 is 1.75 bits per heavy atom. The molecule has 0 radical (unpaired) electrons. The largest absolute Gasteiger partial charge is 0.493 e. The van der Waals surface area contributed by atoms with E-state index in [1.54, 1.807) is 6.07 Å². The van der Waals surface area contributed by atoms with Crippen molar-refractivity contribution in [2.45, 2.75) is 46.5 Å². The summed E-state index contributed by atoms with van der Waals surface area (Å²) in [6.45, 7) is 7.27. The molecule has 0 saturated heterocycles. The van der Waals surface area contributed by atoms with E-state index in [9.17, 15) is 9.90 Å². The van der Waals surface area contributed by atoms with Crippen molar-refractivity contribution in [3.8, 4) is 11.5 Å². The number of carbonyl (C=O) groups is 1. The Balaban J connectivity index is 2.57. The first-order valence-electron chi connectivity index (χ1n) is 8.65. The van der Waals surface area contributed by atoms with Crippen LogP contribution < -0.4 is 9.47 Å². The molecule has 0 aliphatic heterocycles. The molecule has 2 aromatic rings. The zero-order valence-corrected chi connectivity index (χ0v) is 14.7. The average Bonchev–Trinajstić information content (AvgIpc) is 2.56. The molecule has 0 fully saturated rings. The van der Waals surface area contributed by atoms with Crippen molar-refractivity contribution in [3.05, 3.63) is 35.4 Å². The predicted molar refractivity (Wildman–Crippen MR) is 96.5 cm³/mol. The van der Waals surface area contributed by atoms with Crippen LogP contribution in [0.5, 0.6) is 11.5 Å². The van der Waals surface area contributed by atoms with Crippen LogP contribution in [-0.2, 0) is 0 Å². The first kappa shape index (κ1) is 18.1. The number of rotatable bonds is 9. The number of benzene rings is 2. The molecule has 0 amide bonds. The van der Waals surface area contributed by atoms with E-state index in [4.69, 9.17) is 9.47 Å². The van der Waals surface area contributed by atoms with Crippen molar-refractivity contribution in [2.24, 2.45) is 0 Å². The van der Waals surface area contributed by atoms with Crippen LogP contribution in [-0.4, -0.2) is 24.3 Å². The fraction of sp³-hybridized carbons (Fsp3) is 0.450. The van der Waals surface area contributed by atoms with E-state index in [-0.39, 0.29) is 5.56 Å². The third-order valence-corrected chi connectivity index (χ3v) is 4.01. The normalized spacial score (nSPS) is 10.8. The minimum atomic E-state index is -0.995. The summed E-state index contributed by atoms with van der Waals surface area (Å²) in [5, 5.41) is 11.3. The summed E-state index contributed by atoms with van der Waals surface area (Å²) in [5.74, 6) is 0.0690. The molecular weight excluding hydrogens is 304 g/mol. The fourth-order valence-corrected chi connectivity index (χ4v) is 2.67. The Kier molecular flexibility index (Phi) is 6.47. The molecular formula is C20H26O4. The Morgan fingerprint density at radius 1 is 1.08 bits per heavy atom. The van der Waals surface area contributed by atoms with Gasteiger partial charge in [0.05, 0.1) is 13.2 Å². The van der Waals surface area contributed by atoms with Crippen LogP contribution in [0, 0.1) is 6.92 Å². The van der Waals surface area contributed by atoms with Crippen molar-refractivity contribution in [3.63, 3.8) is 0 Å². The lowest BCUT2D eigenvalue weighted by molar-refractivity contribution is 0.0692. The highest BCUT2D eigenvalue weighted by Crippen LogP contribution is 2.39. The summed E-state index contributed by atoms with van der Waals surface area (Å²) in [6.07, 6.45) is 3.85. The maximum absolute atomic E-state index is 11.7. The molecule has 24 heavy (non-hydrogen) atoms. The Bertz CT molecular complexity index is 706. The third kappa shape index (κ3) is 3.99. The minimum absolute atomic E-state index is 0.163. The molecule has 0 unspecified atom stereocenters. The minimum Gasteiger partial charge on any atom is -0.493 e. The lowest BCUT2D eigenvalue weighted by Gasteiger charge is -2.17. The lowest BCUT2D eigenvalue weighted by atomic mass is 10.00. The second-order valence-corrected chi connectivity index (χ2v) is 5.96. The zero-order valence-electron chi connectivity index (χ0n) is 14.7. The van der Waals surface area contributed by atoms with E-state index in [0.717, 1.165) is 42.0 Å². The number of carboxylic acids is 1. The highest BCUT2D eigenvalue weighted by atomic mass is 16.5. The van der Waals surface area contributed by atoms with Crippen LogP contribution in [0.25, 0.3) is 10.8 Å². The molecule has 2 aromatic carbocycles. The molecule has 1 N–H and O–H groups in total. The van der Waals surface area contributed by atoms with Gasteiger partial charge in [0, 0.05) is 10.8 Å². The summed E-state index contributed by atoms with van der Waals surface area (Å²) in [7, 11) is 0. The fourth-order valence-electron chi connectivity index (χ4n) is 2.67. The maximum Gasteiger partial charge on any atom is 0.339 e. The topological polar surface area (TPSA) is 55.8 Å². The van der Waals surface area contributed by atoms with Crippen molar-refractivity contribution in [2.75, 3.05) is 13.2 Å². The average molecular weight is 330 g/mol. The number of ether oxygens (including phenoxy) is 2. The van der Waals surface area contributed by atoms with Gasteiger partial charge >= 0.3 is 5.97 Å². The molecule has 0 aromatic heterocycles. The summed E-state index contributed by atoms with van der Waals surface area (Å²) in [4.78, 5) is 11.7. The predicted octanol–water partition coefficient (Wildman–Crippen LogP) is 5.20. The third-order valence-electron chi connectivity index (χ3n) is 4.01. The number of hydrogen-bond acceptors (Lipinski definition) is 3. The van der Waals surface area contributed by atoms with E-state index < -0.39 is 5.97 Å². The SMILES string of the molecule is CCCCOc1c(C(=O)O)cc(OCCCC)c2c(C)cccc12. The highest BCUT2D eigenvalue weighted by Gasteiger charge is 2.20. The van der Waals surface area contributed by atoms with Crippen LogP contribution in [0.2, 0.25) is 0 Å². The van der Waals surface area contributed by atoms with Crippen LogP contribution in [0.1, 0.15) is 55.5 Å². The van der Waals surface area contributed by atoms with Crippen LogP contribution in [0.15, 0.2) is 24.3 Å². The molecule has 0 bridgehead atoms. The molecule has 4 nitrogen and oxygen atoms in total. The second-order valence-electron chi connectivity index (χ2n) is 5.96. The van der Waals surface area contributed by atoms with Gasteiger partial charge in [0.25, 0.3) is 0 Å². The van der Waals surface area contributed by atoms with Crippen LogP contribution in [0.4, 0.5) is 0 Å². The number of carboxylic acid groups (broad SMARTS) is 1. The van der Waals surface area contributed by atoms with Gasteiger partial charge in [-0.15, -0.1) is 0 Å². The van der Waals surface area contributed by atoms with Gasteiger partial charge in [-0.2, -0.15) is 0 Å². The number of fused-ring (bicyclic) bond motifs is 1. The van der Waals surface area contributed by atoms with E-state index in [1.807, 2.05) is 25.1 Å². The van der Waals surface area contributed by atoms with Crippen molar-refractivity contribution in [1.82, 2.24) is 0 Å². The molecule has 2 rings (SSSR count).